The normalized spacial score (nSPS) is 11.3. The van der Waals surface area contributed by atoms with Gasteiger partial charge in [-0.2, -0.15) is 0 Å². The average Bonchev–Trinajstić information content (AvgIpc) is 2.58. The number of hydrogen-bond donors (Lipinski definition) is 0. The molecule has 0 aliphatic heterocycles. The van der Waals surface area contributed by atoms with Gasteiger partial charge >= 0.3 is 5.97 Å². The van der Waals surface area contributed by atoms with Crippen molar-refractivity contribution >= 4 is 17.9 Å². The molecule has 0 fully saturated rings. The summed E-state index contributed by atoms with van der Waals surface area (Å²) in [5, 5.41) is 0. The molecule has 0 spiro atoms. The van der Waals surface area contributed by atoms with Gasteiger partial charge in [0.15, 0.2) is 6.61 Å². The third kappa shape index (κ3) is 6.07. The van der Waals surface area contributed by atoms with Crippen LogP contribution in [0.3, 0.4) is 0 Å². The van der Waals surface area contributed by atoms with Crippen molar-refractivity contribution in [3.63, 3.8) is 0 Å². The van der Waals surface area contributed by atoms with Gasteiger partial charge in [-0.25, -0.2) is 4.79 Å². The van der Waals surface area contributed by atoms with Gasteiger partial charge in [-0.3, -0.25) is 4.99 Å². The average molecular weight is 339 g/mol. The fourth-order valence-corrected chi connectivity index (χ4v) is 2.33. The van der Waals surface area contributed by atoms with Crippen molar-refractivity contribution in [2.75, 3.05) is 6.61 Å². The van der Waals surface area contributed by atoms with Crippen molar-refractivity contribution in [3.05, 3.63) is 59.7 Å². The standard InChI is InChI=1S/C21H25NO3/c1-15(2)19-7-5-6-8-20(19)22-13-17-9-11-18(12-10-17)24-14-21(23)25-16(3)4/h5-13,15-16H,14H2,1-4H3. The summed E-state index contributed by atoms with van der Waals surface area (Å²) in [5.41, 5.74) is 3.17. The first kappa shape index (κ1) is 18.7. The summed E-state index contributed by atoms with van der Waals surface area (Å²) in [5.74, 6) is 0.682. The van der Waals surface area contributed by atoms with E-state index in [0.29, 0.717) is 11.7 Å². The van der Waals surface area contributed by atoms with E-state index in [1.807, 2.05) is 62.5 Å². The predicted molar refractivity (Wildman–Crippen MR) is 101 cm³/mol. The molecule has 0 heterocycles. The minimum atomic E-state index is -0.370. The van der Waals surface area contributed by atoms with Crippen molar-refractivity contribution in [2.45, 2.75) is 39.7 Å². The quantitative estimate of drug-likeness (QED) is 0.533. The Hall–Kier alpha value is -2.62. The second-order valence-corrected chi connectivity index (χ2v) is 6.37. The largest absolute Gasteiger partial charge is 0.482 e. The molecule has 0 atom stereocenters. The smallest absolute Gasteiger partial charge is 0.344 e. The zero-order valence-corrected chi connectivity index (χ0v) is 15.2. The van der Waals surface area contributed by atoms with Crippen LogP contribution in [-0.2, 0) is 9.53 Å². The van der Waals surface area contributed by atoms with Crippen LogP contribution >= 0.6 is 0 Å². The molecule has 0 amide bonds. The highest BCUT2D eigenvalue weighted by Gasteiger charge is 2.06. The lowest BCUT2D eigenvalue weighted by Crippen LogP contribution is -2.18. The molecule has 0 radical (unpaired) electrons. The van der Waals surface area contributed by atoms with Gasteiger partial charge in [-0.15, -0.1) is 0 Å². The molecule has 0 aliphatic rings. The monoisotopic (exact) mass is 339 g/mol. The first-order chi connectivity index (χ1) is 12.0. The maximum Gasteiger partial charge on any atom is 0.344 e. The van der Waals surface area contributed by atoms with Crippen molar-refractivity contribution in [1.29, 1.82) is 0 Å². The van der Waals surface area contributed by atoms with Gasteiger partial charge < -0.3 is 9.47 Å². The Morgan fingerprint density at radius 3 is 2.36 bits per heavy atom. The molecule has 25 heavy (non-hydrogen) atoms. The summed E-state index contributed by atoms with van der Waals surface area (Å²) in [7, 11) is 0. The third-order valence-electron chi connectivity index (χ3n) is 3.52. The fraction of sp³-hybridized carbons (Fsp3) is 0.333. The topological polar surface area (TPSA) is 47.9 Å². The van der Waals surface area contributed by atoms with Crippen LogP contribution in [0.1, 0.15) is 44.7 Å². The molecular formula is C21H25NO3. The Morgan fingerprint density at radius 2 is 1.72 bits per heavy atom. The minimum Gasteiger partial charge on any atom is -0.482 e. The first-order valence-corrected chi connectivity index (χ1v) is 8.51. The lowest BCUT2D eigenvalue weighted by molar-refractivity contribution is -0.149. The maximum absolute atomic E-state index is 11.5. The molecule has 132 valence electrons. The van der Waals surface area contributed by atoms with Gasteiger partial charge in [0, 0.05) is 6.21 Å². The second-order valence-electron chi connectivity index (χ2n) is 6.37. The van der Waals surface area contributed by atoms with E-state index in [1.165, 1.54) is 5.56 Å². The number of carbonyl (C=O) groups is 1. The highest BCUT2D eigenvalue weighted by atomic mass is 16.6. The summed E-state index contributed by atoms with van der Waals surface area (Å²) < 4.78 is 10.4. The molecule has 0 bridgehead atoms. The third-order valence-corrected chi connectivity index (χ3v) is 3.52. The number of hydrogen-bond acceptors (Lipinski definition) is 4. The Morgan fingerprint density at radius 1 is 1.04 bits per heavy atom. The Kier molecular flexibility index (Phi) is 6.75. The molecule has 0 saturated carbocycles. The van der Waals surface area contributed by atoms with Crippen molar-refractivity contribution in [1.82, 2.24) is 0 Å². The number of aliphatic imine (C=N–C) groups is 1. The molecule has 0 unspecified atom stereocenters. The van der Waals surface area contributed by atoms with Crippen LogP contribution in [0.15, 0.2) is 53.5 Å². The molecule has 2 rings (SSSR count). The number of nitrogens with zero attached hydrogens (tertiary/aromatic N) is 1. The highest BCUT2D eigenvalue weighted by molar-refractivity contribution is 5.82. The number of rotatable bonds is 7. The summed E-state index contributed by atoms with van der Waals surface area (Å²) >= 11 is 0. The number of ether oxygens (including phenoxy) is 2. The van der Waals surface area contributed by atoms with Gasteiger partial charge in [-0.05, 0) is 61.2 Å². The summed E-state index contributed by atoms with van der Waals surface area (Å²) in [6.45, 7) is 7.84. The number of para-hydroxylation sites is 1. The number of benzene rings is 2. The molecule has 2 aromatic carbocycles. The molecule has 0 N–H and O–H groups in total. The van der Waals surface area contributed by atoms with Crippen LogP contribution in [0.25, 0.3) is 0 Å². The predicted octanol–water partition coefficient (Wildman–Crippen LogP) is 4.89. The second kappa shape index (κ2) is 9.02. The molecule has 2 aromatic rings. The minimum absolute atomic E-state index is 0.0899. The molecule has 0 aliphatic carbocycles. The summed E-state index contributed by atoms with van der Waals surface area (Å²) in [4.78, 5) is 16.1. The molecule has 0 saturated heterocycles. The van der Waals surface area contributed by atoms with Crippen LogP contribution in [0, 0.1) is 0 Å². The first-order valence-electron chi connectivity index (χ1n) is 8.51. The van der Waals surface area contributed by atoms with E-state index in [4.69, 9.17) is 9.47 Å². The van der Waals surface area contributed by atoms with E-state index >= 15 is 0 Å². The van der Waals surface area contributed by atoms with E-state index in [-0.39, 0.29) is 18.7 Å². The van der Waals surface area contributed by atoms with Gasteiger partial charge in [0.05, 0.1) is 11.8 Å². The number of carbonyl (C=O) groups excluding carboxylic acids is 1. The highest BCUT2D eigenvalue weighted by Crippen LogP contribution is 2.26. The SMILES string of the molecule is CC(C)OC(=O)COc1ccc(C=Nc2ccccc2C(C)C)cc1. The molecule has 4 heteroatoms. The lowest BCUT2D eigenvalue weighted by Gasteiger charge is -2.09. The molecule has 0 aromatic heterocycles. The lowest BCUT2D eigenvalue weighted by atomic mass is 10.0. The van der Waals surface area contributed by atoms with E-state index in [9.17, 15) is 4.79 Å². The summed E-state index contributed by atoms with van der Waals surface area (Å²) in [6.07, 6.45) is 1.70. The fourth-order valence-electron chi connectivity index (χ4n) is 2.33. The van der Waals surface area contributed by atoms with E-state index in [2.05, 4.69) is 24.9 Å². The van der Waals surface area contributed by atoms with E-state index in [0.717, 1.165) is 11.3 Å². The van der Waals surface area contributed by atoms with E-state index < -0.39 is 0 Å². The van der Waals surface area contributed by atoms with Gasteiger partial charge in [0.1, 0.15) is 5.75 Å². The van der Waals surface area contributed by atoms with Crippen LogP contribution in [-0.4, -0.2) is 24.9 Å². The van der Waals surface area contributed by atoms with Crippen LogP contribution in [0.5, 0.6) is 5.75 Å². The number of esters is 1. The van der Waals surface area contributed by atoms with Crippen LogP contribution in [0.4, 0.5) is 5.69 Å². The Balaban J connectivity index is 1.98. The van der Waals surface area contributed by atoms with Crippen molar-refractivity contribution in [2.24, 2.45) is 4.99 Å². The van der Waals surface area contributed by atoms with Crippen molar-refractivity contribution < 1.29 is 14.3 Å². The zero-order valence-electron chi connectivity index (χ0n) is 15.2. The zero-order chi connectivity index (χ0) is 18.2. The van der Waals surface area contributed by atoms with Gasteiger partial charge in [0.25, 0.3) is 0 Å². The summed E-state index contributed by atoms with van der Waals surface area (Å²) in [6, 6.07) is 15.6. The van der Waals surface area contributed by atoms with Crippen molar-refractivity contribution in [3.8, 4) is 5.75 Å². The Labute approximate surface area is 149 Å². The van der Waals surface area contributed by atoms with Crippen LogP contribution < -0.4 is 4.74 Å². The maximum atomic E-state index is 11.5. The Bertz CT molecular complexity index is 718. The van der Waals surface area contributed by atoms with Gasteiger partial charge in [-0.1, -0.05) is 32.0 Å². The molecule has 4 nitrogen and oxygen atoms in total. The van der Waals surface area contributed by atoms with Gasteiger partial charge in [0.2, 0.25) is 0 Å². The van der Waals surface area contributed by atoms with E-state index in [1.54, 1.807) is 0 Å². The van der Waals surface area contributed by atoms with Crippen LogP contribution in [0.2, 0.25) is 0 Å². The molecular weight excluding hydrogens is 314 g/mol.